The number of rotatable bonds is 2. The van der Waals surface area contributed by atoms with E-state index in [9.17, 15) is 0 Å². The first-order valence-electron chi connectivity index (χ1n) is 14.0. The number of benzene rings is 3. The van der Waals surface area contributed by atoms with Gasteiger partial charge in [-0.25, -0.2) is 4.57 Å². The normalized spacial score (nSPS) is 22.1. The third-order valence-corrected chi connectivity index (χ3v) is 10.1. The maximum Gasteiger partial charge on any atom is 0.224 e. The average molecular weight is 472 g/mol. The predicted octanol–water partition coefficient (Wildman–Crippen LogP) is 8.46. The number of aromatic nitrogens is 2. The van der Waals surface area contributed by atoms with Gasteiger partial charge in [-0.2, -0.15) is 0 Å². The molecular formula is C34H35N2+. The summed E-state index contributed by atoms with van der Waals surface area (Å²) in [5.41, 5.74) is 11.3. The van der Waals surface area contributed by atoms with Gasteiger partial charge in [0.25, 0.3) is 0 Å². The monoisotopic (exact) mass is 471 g/mol. The highest BCUT2D eigenvalue weighted by Crippen LogP contribution is 2.54. The van der Waals surface area contributed by atoms with Gasteiger partial charge < -0.3 is 4.40 Å². The van der Waals surface area contributed by atoms with Gasteiger partial charge in [-0.1, -0.05) is 38.5 Å². The fraction of sp³-hybridized carbons (Fsp3) is 0.382. The van der Waals surface area contributed by atoms with Crippen LogP contribution in [0.25, 0.3) is 49.0 Å². The Hall–Kier alpha value is -3.13. The molecule has 0 amide bonds. The van der Waals surface area contributed by atoms with Gasteiger partial charge >= 0.3 is 0 Å². The Morgan fingerprint density at radius 2 is 1.75 bits per heavy atom. The largest absolute Gasteiger partial charge is 0.307 e. The molecule has 6 aromatic rings. The quantitative estimate of drug-likeness (QED) is 0.136. The van der Waals surface area contributed by atoms with Crippen LogP contribution in [0.4, 0.5) is 0 Å². The van der Waals surface area contributed by atoms with E-state index in [0.717, 1.165) is 17.8 Å². The maximum absolute atomic E-state index is 2.64. The minimum absolute atomic E-state index is 0.511. The molecule has 0 N–H and O–H groups in total. The zero-order chi connectivity index (χ0) is 24.5. The van der Waals surface area contributed by atoms with Gasteiger partial charge in [0.1, 0.15) is 7.05 Å². The highest BCUT2D eigenvalue weighted by molar-refractivity contribution is 6.26. The van der Waals surface area contributed by atoms with Crippen LogP contribution in [-0.2, 0) is 7.05 Å². The number of aryl methyl sites for hydroxylation is 3. The molecule has 3 unspecified atom stereocenters. The van der Waals surface area contributed by atoms with E-state index in [-0.39, 0.29) is 0 Å². The summed E-state index contributed by atoms with van der Waals surface area (Å²) in [7, 11) is 2.23. The number of hydrogen-bond donors (Lipinski definition) is 0. The molecule has 2 aliphatic rings. The highest BCUT2D eigenvalue weighted by atomic mass is 15.0. The van der Waals surface area contributed by atoms with Gasteiger partial charge in [-0.3, -0.25) is 0 Å². The fourth-order valence-corrected chi connectivity index (χ4v) is 8.17. The molecule has 0 saturated heterocycles. The van der Waals surface area contributed by atoms with Gasteiger partial charge in [-0.15, -0.1) is 0 Å². The minimum Gasteiger partial charge on any atom is -0.307 e. The third kappa shape index (κ3) is 2.55. The lowest BCUT2D eigenvalue weighted by Crippen LogP contribution is -2.29. The van der Waals surface area contributed by atoms with E-state index in [1.165, 1.54) is 91.4 Å². The van der Waals surface area contributed by atoms with Gasteiger partial charge in [0, 0.05) is 16.8 Å². The molecule has 3 atom stereocenters. The smallest absolute Gasteiger partial charge is 0.224 e. The summed E-state index contributed by atoms with van der Waals surface area (Å²) in [4.78, 5) is 0. The van der Waals surface area contributed by atoms with Crippen LogP contribution >= 0.6 is 0 Å². The van der Waals surface area contributed by atoms with E-state index in [2.05, 4.69) is 92.4 Å². The van der Waals surface area contributed by atoms with Crippen molar-refractivity contribution in [1.29, 1.82) is 0 Å². The molecule has 2 heteroatoms. The Morgan fingerprint density at radius 1 is 0.889 bits per heavy atom. The Balaban J connectivity index is 1.63. The van der Waals surface area contributed by atoms with Crippen molar-refractivity contribution in [1.82, 2.24) is 4.40 Å². The first kappa shape index (κ1) is 21.0. The van der Waals surface area contributed by atoms with Gasteiger partial charge in [0.05, 0.1) is 27.3 Å². The van der Waals surface area contributed by atoms with Crippen molar-refractivity contribution in [2.45, 2.75) is 65.2 Å². The maximum atomic E-state index is 2.64. The Bertz CT molecular complexity index is 1870. The van der Waals surface area contributed by atoms with Crippen molar-refractivity contribution in [2.24, 2.45) is 18.9 Å². The van der Waals surface area contributed by atoms with Crippen LogP contribution in [0.15, 0.2) is 48.7 Å². The number of nitrogens with zero attached hydrogens (tertiary/aromatic N) is 2. The first-order chi connectivity index (χ1) is 17.4. The molecular weight excluding hydrogens is 436 g/mol. The van der Waals surface area contributed by atoms with E-state index in [1.54, 1.807) is 5.56 Å². The van der Waals surface area contributed by atoms with Gasteiger partial charge in [0.2, 0.25) is 5.52 Å². The second kappa shape index (κ2) is 7.00. The van der Waals surface area contributed by atoms with E-state index in [0.29, 0.717) is 5.92 Å². The highest BCUT2D eigenvalue weighted by Gasteiger charge is 2.40. The van der Waals surface area contributed by atoms with Crippen molar-refractivity contribution in [3.05, 3.63) is 70.9 Å². The Kier molecular flexibility index (Phi) is 4.08. The summed E-state index contributed by atoms with van der Waals surface area (Å²) >= 11 is 0. The molecule has 3 heterocycles. The zero-order valence-electron chi connectivity index (χ0n) is 22.2. The van der Waals surface area contributed by atoms with Crippen molar-refractivity contribution in [3.8, 4) is 0 Å². The van der Waals surface area contributed by atoms with E-state index < -0.39 is 0 Å². The molecule has 0 aliphatic heterocycles. The second-order valence-electron chi connectivity index (χ2n) is 12.4. The zero-order valence-corrected chi connectivity index (χ0v) is 22.2. The van der Waals surface area contributed by atoms with Crippen molar-refractivity contribution in [2.75, 3.05) is 0 Å². The first-order valence-corrected chi connectivity index (χ1v) is 14.0. The molecule has 3 aromatic carbocycles. The third-order valence-electron chi connectivity index (χ3n) is 10.1. The summed E-state index contributed by atoms with van der Waals surface area (Å²) in [6.45, 7) is 9.22. The molecule has 2 bridgehead atoms. The van der Waals surface area contributed by atoms with Crippen molar-refractivity contribution < 1.29 is 4.57 Å². The lowest BCUT2D eigenvalue weighted by molar-refractivity contribution is -0.643. The number of fused-ring (bicyclic) bond motifs is 7. The molecule has 3 aromatic heterocycles. The lowest BCUT2D eigenvalue weighted by atomic mass is 9.82. The molecule has 8 rings (SSSR count). The van der Waals surface area contributed by atoms with E-state index >= 15 is 0 Å². The Labute approximate surface area is 212 Å². The minimum atomic E-state index is 0.511. The molecule has 36 heavy (non-hydrogen) atoms. The topological polar surface area (TPSA) is 8.29 Å². The van der Waals surface area contributed by atoms with Gasteiger partial charge in [0.15, 0.2) is 6.20 Å². The van der Waals surface area contributed by atoms with E-state index in [4.69, 9.17) is 0 Å². The number of pyridine rings is 2. The summed E-state index contributed by atoms with van der Waals surface area (Å²) in [6, 6.07) is 17.1. The van der Waals surface area contributed by atoms with Crippen LogP contribution in [0, 0.1) is 25.7 Å². The van der Waals surface area contributed by atoms with Crippen molar-refractivity contribution in [3.63, 3.8) is 0 Å². The molecule has 0 spiro atoms. The van der Waals surface area contributed by atoms with Gasteiger partial charge in [-0.05, 0) is 103 Å². The molecule has 2 fully saturated rings. The lowest BCUT2D eigenvalue weighted by Gasteiger charge is -2.23. The summed E-state index contributed by atoms with van der Waals surface area (Å²) in [5.74, 6) is 3.08. The predicted molar refractivity (Wildman–Crippen MR) is 152 cm³/mol. The fourth-order valence-electron chi connectivity index (χ4n) is 8.17. The molecule has 2 nitrogen and oxygen atoms in total. The molecule has 0 radical (unpaired) electrons. The summed E-state index contributed by atoms with van der Waals surface area (Å²) in [6.07, 6.45) is 8.00. The van der Waals surface area contributed by atoms with Crippen molar-refractivity contribution >= 4 is 49.0 Å². The molecule has 180 valence electrons. The van der Waals surface area contributed by atoms with Crippen LogP contribution in [0.5, 0.6) is 0 Å². The standard InChI is InChI=1S/C34H35N2/c1-18(2)22-8-9-26-28-12-19(3)20(4)31-33(28)36(29(26)16-22)30-17-25(27-14-21-6-7-23(27)13-21)15-24-10-11-35(5)34(31)32(24)30/h8-12,15-18,21,23,27H,6-7,13-14H2,1-5H3/q+1. The van der Waals surface area contributed by atoms with Crippen LogP contribution in [0.2, 0.25) is 0 Å². The summed E-state index contributed by atoms with van der Waals surface area (Å²) < 4.78 is 5.01. The summed E-state index contributed by atoms with van der Waals surface area (Å²) in [5, 5.41) is 7.02. The second-order valence-corrected chi connectivity index (χ2v) is 12.4. The van der Waals surface area contributed by atoms with Crippen LogP contribution in [0.1, 0.15) is 73.6 Å². The Morgan fingerprint density at radius 3 is 2.50 bits per heavy atom. The molecule has 2 saturated carbocycles. The van der Waals surface area contributed by atoms with Crippen LogP contribution < -0.4 is 4.57 Å². The number of hydrogen-bond acceptors (Lipinski definition) is 0. The van der Waals surface area contributed by atoms with E-state index in [1.807, 2.05) is 0 Å². The van der Waals surface area contributed by atoms with Crippen LogP contribution in [-0.4, -0.2) is 4.40 Å². The van der Waals surface area contributed by atoms with Crippen LogP contribution in [0.3, 0.4) is 0 Å². The average Bonchev–Trinajstić information content (AvgIpc) is 3.58. The molecule has 2 aliphatic carbocycles. The SMILES string of the molecule is Cc1cc2c3ccc(C(C)C)cc3n3c4cc(C5CC6CCC5C6)cc5cc[n+](C)c(c(c1C)c23)c54.